The molecule has 19 heavy (non-hydrogen) atoms. The van der Waals surface area contributed by atoms with E-state index in [2.05, 4.69) is 10.1 Å². The van der Waals surface area contributed by atoms with Crippen molar-refractivity contribution in [3.63, 3.8) is 0 Å². The quantitative estimate of drug-likeness (QED) is 0.839. The maximum Gasteiger partial charge on any atom is 0.263 e. The van der Waals surface area contributed by atoms with Crippen molar-refractivity contribution in [1.29, 1.82) is 0 Å². The number of alkyl halides is 2. The van der Waals surface area contributed by atoms with Crippen LogP contribution in [-0.2, 0) is 10.0 Å². The average Bonchev–Trinajstić information content (AvgIpc) is 2.90. The summed E-state index contributed by atoms with van der Waals surface area (Å²) in [7, 11) is -3.74. The number of aromatic nitrogens is 2. The van der Waals surface area contributed by atoms with Gasteiger partial charge in [-0.05, 0) is 12.8 Å². The standard InChI is InChI=1S/C10H13F2N3O3S/c1-19(16,17)15-5-10(11,12)4-7(15)9-13-8(14-18-9)6-2-3-6/h6-7H,2-5H2,1H3/t7-/m0/s1. The van der Waals surface area contributed by atoms with E-state index >= 15 is 0 Å². The van der Waals surface area contributed by atoms with Gasteiger partial charge in [-0.3, -0.25) is 0 Å². The Morgan fingerprint density at radius 2 is 2.11 bits per heavy atom. The molecule has 1 saturated heterocycles. The summed E-state index contributed by atoms with van der Waals surface area (Å²) < 4.78 is 55.7. The van der Waals surface area contributed by atoms with Crippen LogP contribution in [0.3, 0.4) is 0 Å². The van der Waals surface area contributed by atoms with Gasteiger partial charge < -0.3 is 4.52 Å². The third-order valence-electron chi connectivity index (χ3n) is 3.34. The van der Waals surface area contributed by atoms with Gasteiger partial charge >= 0.3 is 0 Å². The van der Waals surface area contributed by atoms with Crippen molar-refractivity contribution in [1.82, 2.24) is 14.4 Å². The summed E-state index contributed by atoms with van der Waals surface area (Å²) in [5.74, 6) is -2.39. The van der Waals surface area contributed by atoms with Crippen molar-refractivity contribution >= 4 is 10.0 Å². The Morgan fingerprint density at radius 3 is 2.68 bits per heavy atom. The molecule has 1 aliphatic carbocycles. The zero-order valence-corrected chi connectivity index (χ0v) is 11.0. The lowest BCUT2D eigenvalue weighted by Crippen LogP contribution is -2.32. The zero-order chi connectivity index (χ0) is 13.8. The van der Waals surface area contributed by atoms with Gasteiger partial charge in [0.15, 0.2) is 5.82 Å². The van der Waals surface area contributed by atoms with Crippen LogP contribution in [-0.4, -0.2) is 41.6 Å². The van der Waals surface area contributed by atoms with E-state index in [1.54, 1.807) is 0 Å². The van der Waals surface area contributed by atoms with E-state index in [1.807, 2.05) is 0 Å². The van der Waals surface area contributed by atoms with Gasteiger partial charge in [-0.25, -0.2) is 17.2 Å². The fourth-order valence-electron chi connectivity index (χ4n) is 2.24. The number of sulfonamides is 1. The third kappa shape index (κ3) is 2.48. The smallest absolute Gasteiger partial charge is 0.263 e. The molecule has 3 rings (SSSR count). The second-order valence-corrected chi connectivity index (χ2v) is 7.08. The Kier molecular flexibility index (Phi) is 2.69. The number of hydrogen-bond acceptors (Lipinski definition) is 5. The molecule has 1 saturated carbocycles. The molecule has 1 aromatic rings. The van der Waals surface area contributed by atoms with Gasteiger partial charge in [-0.2, -0.15) is 9.29 Å². The number of hydrogen-bond donors (Lipinski definition) is 0. The Labute approximate surface area is 108 Å². The van der Waals surface area contributed by atoms with Crippen LogP contribution in [0.15, 0.2) is 4.52 Å². The molecule has 0 radical (unpaired) electrons. The summed E-state index contributed by atoms with van der Waals surface area (Å²) in [6, 6.07) is -1.06. The molecule has 0 unspecified atom stereocenters. The van der Waals surface area contributed by atoms with E-state index in [1.165, 1.54) is 0 Å². The van der Waals surface area contributed by atoms with Crippen LogP contribution in [0, 0.1) is 0 Å². The van der Waals surface area contributed by atoms with Crippen molar-refractivity contribution in [2.75, 3.05) is 12.8 Å². The molecule has 0 spiro atoms. The molecule has 2 aliphatic rings. The highest BCUT2D eigenvalue weighted by molar-refractivity contribution is 7.88. The average molecular weight is 293 g/mol. The van der Waals surface area contributed by atoms with Crippen LogP contribution in [0.4, 0.5) is 8.78 Å². The van der Waals surface area contributed by atoms with Crippen LogP contribution in [0.1, 0.15) is 42.9 Å². The van der Waals surface area contributed by atoms with E-state index < -0.39 is 35.0 Å². The topological polar surface area (TPSA) is 76.3 Å². The van der Waals surface area contributed by atoms with Gasteiger partial charge in [0, 0.05) is 12.3 Å². The Morgan fingerprint density at radius 1 is 1.42 bits per heavy atom. The minimum Gasteiger partial charge on any atom is -0.338 e. The van der Waals surface area contributed by atoms with Crippen LogP contribution in [0.5, 0.6) is 0 Å². The third-order valence-corrected chi connectivity index (χ3v) is 4.57. The van der Waals surface area contributed by atoms with Crippen molar-refractivity contribution in [2.24, 2.45) is 0 Å². The lowest BCUT2D eigenvalue weighted by molar-refractivity contribution is 0.0166. The summed E-state index contributed by atoms with van der Waals surface area (Å²) in [4.78, 5) is 4.07. The van der Waals surface area contributed by atoms with Crippen molar-refractivity contribution in [2.45, 2.75) is 37.1 Å². The molecule has 2 fully saturated rings. The van der Waals surface area contributed by atoms with E-state index in [4.69, 9.17) is 4.52 Å². The number of nitrogens with zero attached hydrogens (tertiary/aromatic N) is 3. The highest BCUT2D eigenvalue weighted by Gasteiger charge is 2.51. The second-order valence-electron chi connectivity index (χ2n) is 5.15. The number of halogens is 2. The molecule has 1 atom stereocenters. The normalized spacial score (nSPS) is 27.8. The highest BCUT2D eigenvalue weighted by atomic mass is 32.2. The van der Waals surface area contributed by atoms with Crippen LogP contribution in [0.2, 0.25) is 0 Å². The minimum atomic E-state index is -3.74. The first kappa shape index (κ1) is 12.9. The van der Waals surface area contributed by atoms with Crippen molar-refractivity contribution in [3.05, 3.63) is 11.7 Å². The van der Waals surface area contributed by atoms with Gasteiger partial charge in [0.05, 0.1) is 12.8 Å². The predicted molar refractivity (Wildman–Crippen MR) is 60.1 cm³/mol. The summed E-state index contributed by atoms with van der Waals surface area (Å²) >= 11 is 0. The Balaban J connectivity index is 1.91. The molecule has 0 N–H and O–H groups in total. The van der Waals surface area contributed by atoms with Gasteiger partial charge in [0.1, 0.15) is 6.04 Å². The molecule has 1 aliphatic heterocycles. The molecule has 0 bridgehead atoms. The van der Waals surface area contributed by atoms with E-state index in [0.717, 1.165) is 23.4 Å². The number of rotatable bonds is 3. The Bertz CT molecular complexity index is 597. The summed E-state index contributed by atoms with van der Waals surface area (Å²) in [5.41, 5.74) is 0. The van der Waals surface area contributed by atoms with Gasteiger partial charge in [0.25, 0.3) is 5.92 Å². The second kappa shape index (κ2) is 3.95. The van der Waals surface area contributed by atoms with Gasteiger partial charge in [-0.15, -0.1) is 0 Å². The lowest BCUT2D eigenvalue weighted by atomic mass is 10.2. The summed E-state index contributed by atoms with van der Waals surface area (Å²) in [6.07, 6.45) is 2.19. The molecular formula is C10H13F2N3O3S. The zero-order valence-electron chi connectivity index (χ0n) is 10.2. The van der Waals surface area contributed by atoms with E-state index in [9.17, 15) is 17.2 Å². The van der Waals surface area contributed by atoms with Crippen LogP contribution >= 0.6 is 0 Å². The molecule has 106 valence electrons. The largest absolute Gasteiger partial charge is 0.338 e. The first-order chi connectivity index (χ1) is 8.76. The van der Waals surface area contributed by atoms with Crippen molar-refractivity contribution < 1.29 is 21.7 Å². The summed E-state index contributed by atoms with van der Waals surface area (Å²) in [6.45, 7) is -0.836. The lowest BCUT2D eigenvalue weighted by Gasteiger charge is -2.17. The molecule has 0 aromatic carbocycles. The van der Waals surface area contributed by atoms with Crippen LogP contribution in [0.25, 0.3) is 0 Å². The fraction of sp³-hybridized carbons (Fsp3) is 0.800. The van der Waals surface area contributed by atoms with Crippen LogP contribution < -0.4 is 0 Å². The minimum absolute atomic E-state index is 0.0375. The van der Waals surface area contributed by atoms with Gasteiger partial charge in [-0.1, -0.05) is 5.16 Å². The van der Waals surface area contributed by atoms with Crippen molar-refractivity contribution in [3.8, 4) is 0 Å². The predicted octanol–water partition coefficient (Wildman–Crippen LogP) is 1.29. The molecule has 0 amide bonds. The molecule has 1 aromatic heterocycles. The molecular weight excluding hydrogens is 280 g/mol. The first-order valence-electron chi connectivity index (χ1n) is 5.94. The van der Waals surface area contributed by atoms with E-state index in [-0.39, 0.29) is 11.8 Å². The maximum atomic E-state index is 13.4. The maximum absolute atomic E-state index is 13.4. The molecule has 2 heterocycles. The first-order valence-corrected chi connectivity index (χ1v) is 7.79. The highest BCUT2D eigenvalue weighted by Crippen LogP contribution is 2.43. The summed E-state index contributed by atoms with van der Waals surface area (Å²) in [5, 5.41) is 3.73. The SMILES string of the molecule is CS(=O)(=O)N1CC(F)(F)C[C@H]1c1nc(C2CC2)no1. The fourth-order valence-corrected chi connectivity index (χ4v) is 3.29. The van der Waals surface area contributed by atoms with E-state index in [0.29, 0.717) is 5.82 Å². The van der Waals surface area contributed by atoms with Gasteiger partial charge in [0.2, 0.25) is 15.9 Å². The Hall–Kier alpha value is -1.09. The monoisotopic (exact) mass is 293 g/mol. The molecule has 9 heteroatoms. The molecule has 6 nitrogen and oxygen atoms in total.